The third kappa shape index (κ3) is 3.99. The second-order valence-electron chi connectivity index (χ2n) is 7.00. The normalized spacial score (nSPS) is 12.0. The lowest BCUT2D eigenvalue weighted by molar-refractivity contribution is 0.412. The highest BCUT2D eigenvalue weighted by molar-refractivity contribution is 7.89. The number of rotatable bonds is 6. The van der Waals surface area contributed by atoms with Gasteiger partial charge in [0.05, 0.1) is 16.0 Å². The lowest BCUT2D eigenvalue weighted by atomic mass is 10.0. The van der Waals surface area contributed by atoms with E-state index >= 15 is 0 Å². The first-order valence-electron chi connectivity index (χ1n) is 8.92. The van der Waals surface area contributed by atoms with Gasteiger partial charge in [0, 0.05) is 31.1 Å². The number of aryl methyl sites for hydroxylation is 2. The van der Waals surface area contributed by atoms with Gasteiger partial charge in [-0.2, -0.15) is 5.10 Å². The lowest BCUT2D eigenvalue weighted by Crippen LogP contribution is -2.31. The Bertz CT molecular complexity index is 1180. The van der Waals surface area contributed by atoms with Crippen LogP contribution in [0.1, 0.15) is 5.56 Å². The molecule has 0 saturated carbocycles. The predicted octanol–water partition coefficient (Wildman–Crippen LogP) is 1.75. The molecule has 1 aromatic heterocycles. The molecule has 7 nitrogen and oxygen atoms in total. The topological polar surface area (TPSA) is 84.3 Å². The second-order valence-corrected chi connectivity index (χ2v) is 8.74. The SMILES string of the molecule is Cc1ccc(-c2nn(C)c(=O)c3ccccc23)cc1S(=O)(=O)NCCN(C)C. The fraction of sp³-hybridized carbons (Fsp3) is 0.300. The zero-order chi connectivity index (χ0) is 20.5. The molecular weight excluding hydrogens is 376 g/mol. The summed E-state index contributed by atoms with van der Waals surface area (Å²) in [5.41, 5.74) is 1.67. The Labute approximate surface area is 164 Å². The van der Waals surface area contributed by atoms with Gasteiger partial charge in [0.2, 0.25) is 10.0 Å². The molecule has 0 radical (unpaired) electrons. The van der Waals surface area contributed by atoms with Gasteiger partial charge >= 0.3 is 0 Å². The summed E-state index contributed by atoms with van der Waals surface area (Å²) in [4.78, 5) is 14.5. The highest BCUT2D eigenvalue weighted by atomic mass is 32.2. The summed E-state index contributed by atoms with van der Waals surface area (Å²) in [5, 5.41) is 5.63. The van der Waals surface area contributed by atoms with Gasteiger partial charge in [-0.15, -0.1) is 0 Å². The van der Waals surface area contributed by atoms with Gasteiger partial charge in [-0.3, -0.25) is 4.79 Å². The number of hydrogen-bond donors (Lipinski definition) is 1. The highest BCUT2D eigenvalue weighted by Crippen LogP contribution is 2.28. The van der Waals surface area contributed by atoms with E-state index in [2.05, 4.69) is 9.82 Å². The minimum atomic E-state index is -3.66. The number of nitrogens with one attached hydrogen (secondary N) is 1. The zero-order valence-corrected chi connectivity index (χ0v) is 17.2. The number of sulfonamides is 1. The molecule has 3 rings (SSSR count). The van der Waals surface area contributed by atoms with E-state index in [1.54, 1.807) is 38.2 Å². The van der Waals surface area contributed by atoms with Crippen LogP contribution in [0, 0.1) is 6.92 Å². The number of aromatic nitrogens is 2. The molecule has 1 heterocycles. The number of hydrogen-bond acceptors (Lipinski definition) is 5. The molecule has 0 atom stereocenters. The molecule has 0 saturated heterocycles. The van der Waals surface area contributed by atoms with Crippen LogP contribution in [-0.2, 0) is 17.1 Å². The van der Waals surface area contributed by atoms with Gasteiger partial charge in [0.15, 0.2) is 0 Å². The molecule has 0 bridgehead atoms. The Hall–Kier alpha value is -2.55. The first kappa shape index (κ1) is 20.2. The molecule has 0 aliphatic carbocycles. The minimum Gasteiger partial charge on any atom is -0.308 e. The van der Waals surface area contributed by atoms with E-state index in [1.807, 2.05) is 37.2 Å². The summed E-state index contributed by atoms with van der Waals surface area (Å²) in [7, 11) is 1.70. The Morgan fingerprint density at radius 3 is 2.46 bits per heavy atom. The molecule has 148 valence electrons. The van der Waals surface area contributed by atoms with Gasteiger partial charge in [-0.25, -0.2) is 17.8 Å². The number of nitrogens with zero attached hydrogens (tertiary/aromatic N) is 3. The maximum atomic E-state index is 12.8. The molecule has 0 aliphatic heterocycles. The average Bonchev–Trinajstić information content (AvgIpc) is 2.64. The van der Waals surface area contributed by atoms with Crippen LogP contribution in [0.4, 0.5) is 0 Å². The number of fused-ring (bicyclic) bond motifs is 1. The summed E-state index contributed by atoms with van der Waals surface area (Å²) in [6.45, 7) is 2.68. The Kier molecular flexibility index (Phi) is 5.64. The van der Waals surface area contributed by atoms with Crippen molar-refractivity contribution in [3.05, 3.63) is 58.4 Å². The van der Waals surface area contributed by atoms with Gasteiger partial charge in [-0.1, -0.05) is 30.3 Å². The highest BCUT2D eigenvalue weighted by Gasteiger charge is 2.19. The van der Waals surface area contributed by atoms with Gasteiger partial charge in [0.25, 0.3) is 5.56 Å². The van der Waals surface area contributed by atoms with E-state index in [9.17, 15) is 13.2 Å². The number of likely N-dealkylation sites (N-methyl/N-ethyl adjacent to an activating group) is 1. The predicted molar refractivity (Wildman–Crippen MR) is 111 cm³/mol. The summed E-state index contributed by atoms with van der Waals surface area (Å²) >= 11 is 0. The van der Waals surface area contributed by atoms with Crippen molar-refractivity contribution in [2.45, 2.75) is 11.8 Å². The maximum Gasteiger partial charge on any atom is 0.274 e. The third-order valence-electron chi connectivity index (χ3n) is 4.56. The summed E-state index contributed by atoms with van der Waals surface area (Å²) in [5.74, 6) is 0. The van der Waals surface area contributed by atoms with E-state index in [4.69, 9.17) is 0 Å². The van der Waals surface area contributed by atoms with Crippen molar-refractivity contribution in [1.29, 1.82) is 0 Å². The van der Waals surface area contributed by atoms with E-state index in [1.165, 1.54) is 4.68 Å². The lowest BCUT2D eigenvalue weighted by Gasteiger charge is -2.14. The van der Waals surface area contributed by atoms with Crippen molar-refractivity contribution in [1.82, 2.24) is 19.4 Å². The van der Waals surface area contributed by atoms with Crippen LogP contribution >= 0.6 is 0 Å². The van der Waals surface area contributed by atoms with Crippen molar-refractivity contribution in [2.75, 3.05) is 27.2 Å². The largest absolute Gasteiger partial charge is 0.308 e. The van der Waals surface area contributed by atoms with E-state index in [0.29, 0.717) is 40.7 Å². The van der Waals surface area contributed by atoms with Crippen LogP contribution in [0.5, 0.6) is 0 Å². The molecule has 0 spiro atoms. The second kappa shape index (κ2) is 7.83. The maximum absolute atomic E-state index is 12.8. The third-order valence-corrected chi connectivity index (χ3v) is 6.16. The van der Waals surface area contributed by atoms with Crippen LogP contribution in [0.15, 0.2) is 52.2 Å². The van der Waals surface area contributed by atoms with Crippen molar-refractivity contribution < 1.29 is 8.42 Å². The summed E-state index contributed by atoms with van der Waals surface area (Å²) < 4.78 is 29.5. The monoisotopic (exact) mass is 400 g/mol. The van der Waals surface area contributed by atoms with E-state index < -0.39 is 10.0 Å². The molecule has 3 aromatic rings. The number of benzene rings is 2. The van der Waals surface area contributed by atoms with Crippen LogP contribution in [-0.4, -0.2) is 50.3 Å². The van der Waals surface area contributed by atoms with Gasteiger partial charge < -0.3 is 4.90 Å². The molecule has 1 N–H and O–H groups in total. The molecule has 8 heteroatoms. The van der Waals surface area contributed by atoms with Crippen LogP contribution in [0.2, 0.25) is 0 Å². The molecule has 0 amide bonds. The first-order valence-corrected chi connectivity index (χ1v) is 10.4. The molecule has 0 aliphatic rings. The minimum absolute atomic E-state index is 0.190. The fourth-order valence-electron chi connectivity index (χ4n) is 3.03. The standard InChI is InChI=1S/C20H24N4O3S/c1-14-9-10-15(13-18(14)28(26,27)21-11-12-23(2)3)19-16-7-5-6-8-17(16)20(25)24(4)22-19/h5-10,13,21H,11-12H2,1-4H3. The van der Waals surface area contributed by atoms with E-state index in [0.717, 1.165) is 0 Å². The average molecular weight is 401 g/mol. The van der Waals surface area contributed by atoms with Gasteiger partial charge in [-0.05, 0) is 38.7 Å². The quantitative estimate of drug-likeness (QED) is 0.681. The van der Waals surface area contributed by atoms with E-state index in [-0.39, 0.29) is 10.5 Å². The Morgan fingerprint density at radius 2 is 1.79 bits per heavy atom. The van der Waals surface area contributed by atoms with Crippen LogP contribution in [0.3, 0.4) is 0 Å². The molecule has 0 unspecified atom stereocenters. The summed E-state index contributed by atoms with van der Waals surface area (Å²) in [6, 6.07) is 12.4. The summed E-state index contributed by atoms with van der Waals surface area (Å²) in [6.07, 6.45) is 0. The Morgan fingerprint density at radius 1 is 1.11 bits per heavy atom. The molecule has 0 fully saturated rings. The Balaban J connectivity index is 2.12. The van der Waals surface area contributed by atoms with Crippen molar-refractivity contribution in [3.63, 3.8) is 0 Å². The molecule has 28 heavy (non-hydrogen) atoms. The first-order chi connectivity index (χ1) is 13.2. The zero-order valence-electron chi connectivity index (χ0n) is 16.4. The molecule has 2 aromatic carbocycles. The van der Waals surface area contributed by atoms with Crippen molar-refractivity contribution >= 4 is 20.8 Å². The van der Waals surface area contributed by atoms with Gasteiger partial charge in [0.1, 0.15) is 0 Å². The van der Waals surface area contributed by atoms with Crippen molar-refractivity contribution in [3.8, 4) is 11.3 Å². The molecular formula is C20H24N4O3S. The fourth-order valence-corrected chi connectivity index (χ4v) is 4.32. The van der Waals surface area contributed by atoms with Crippen molar-refractivity contribution in [2.24, 2.45) is 7.05 Å². The van der Waals surface area contributed by atoms with Crippen LogP contribution in [0.25, 0.3) is 22.0 Å². The smallest absolute Gasteiger partial charge is 0.274 e. The van der Waals surface area contributed by atoms with Crippen LogP contribution < -0.4 is 10.3 Å².